The van der Waals surface area contributed by atoms with Crippen molar-refractivity contribution in [2.45, 2.75) is 37.8 Å². The van der Waals surface area contributed by atoms with Gasteiger partial charge < -0.3 is 14.8 Å². The lowest BCUT2D eigenvalue weighted by Crippen LogP contribution is -3.14. The van der Waals surface area contributed by atoms with Crippen molar-refractivity contribution in [3.05, 3.63) is 82.7 Å². The molecular weight excluding hydrogens is 394 g/mol. The number of quaternary nitrogens is 1. The molecule has 5 rings (SSSR count). The summed E-state index contributed by atoms with van der Waals surface area (Å²) >= 11 is 6.05. The summed E-state index contributed by atoms with van der Waals surface area (Å²) in [6.45, 7) is 0.674. The summed E-state index contributed by atoms with van der Waals surface area (Å²) in [5.41, 5.74) is 4.27. The molecule has 0 saturated carbocycles. The largest absolute Gasteiger partial charge is 0.361 e. The topological polar surface area (TPSA) is 40.5 Å². The first-order valence-corrected chi connectivity index (χ1v) is 11.1. The lowest BCUT2D eigenvalue weighted by atomic mass is 10.0. The van der Waals surface area contributed by atoms with E-state index in [0.717, 1.165) is 18.4 Å². The maximum atomic E-state index is 13.5. The molecular formula is C25H27ClN3O+. The molecule has 1 saturated heterocycles. The van der Waals surface area contributed by atoms with E-state index in [1.807, 2.05) is 23.1 Å². The van der Waals surface area contributed by atoms with Gasteiger partial charge in [0.1, 0.15) is 6.04 Å². The van der Waals surface area contributed by atoms with E-state index in [4.69, 9.17) is 11.6 Å². The van der Waals surface area contributed by atoms with Crippen molar-refractivity contribution >= 4 is 28.4 Å². The van der Waals surface area contributed by atoms with Crippen molar-refractivity contribution in [1.82, 2.24) is 9.88 Å². The summed E-state index contributed by atoms with van der Waals surface area (Å²) in [5.74, 6) is 0.0664. The number of H-pyrrole nitrogens is 1. The van der Waals surface area contributed by atoms with Crippen LogP contribution in [0.4, 0.5) is 0 Å². The molecule has 3 atom stereocenters. The van der Waals surface area contributed by atoms with Crippen LogP contribution in [-0.4, -0.2) is 41.5 Å². The summed E-state index contributed by atoms with van der Waals surface area (Å²) in [6.07, 6.45) is 8.66. The van der Waals surface area contributed by atoms with Crippen LogP contribution in [0.5, 0.6) is 0 Å². The van der Waals surface area contributed by atoms with Crippen LogP contribution < -0.4 is 4.90 Å². The van der Waals surface area contributed by atoms with E-state index in [0.29, 0.717) is 29.2 Å². The number of amides is 1. The highest BCUT2D eigenvalue weighted by Gasteiger charge is 2.40. The predicted octanol–water partition coefficient (Wildman–Crippen LogP) is 3.84. The van der Waals surface area contributed by atoms with Gasteiger partial charge in [-0.3, -0.25) is 4.79 Å². The van der Waals surface area contributed by atoms with E-state index in [1.54, 1.807) is 17.0 Å². The van der Waals surface area contributed by atoms with Gasteiger partial charge in [0.15, 0.2) is 0 Å². The van der Waals surface area contributed by atoms with Crippen LogP contribution in [0.1, 0.15) is 35.2 Å². The van der Waals surface area contributed by atoms with Crippen LogP contribution >= 0.6 is 11.6 Å². The van der Waals surface area contributed by atoms with Gasteiger partial charge >= 0.3 is 0 Å². The molecule has 2 aromatic carbocycles. The number of hydrogen-bond acceptors (Lipinski definition) is 1. The lowest BCUT2D eigenvalue weighted by molar-refractivity contribution is -0.912. The van der Waals surface area contributed by atoms with Crippen LogP contribution in [0.3, 0.4) is 0 Å². The molecule has 30 heavy (non-hydrogen) atoms. The van der Waals surface area contributed by atoms with E-state index >= 15 is 0 Å². The van der Waals surface area contributed by atoms with Gasteiger partial charge in [0, 0.05) is 59.2 Å². The molecule has 3 heterocycles. The highest BCUT2D eigenvalue weighted by Crippen LogP contribution is 2.27. The highest BCUT2D eigenvalue weighted by atomic mass is 35.5. The normalized spacial score (nSPS) is 22.9. The average Bonchev–Trinajstić information content (AvgIpc) is 3.24. The minimum atomic E-state index is 0.0664. The molecule has 2 aliphatic heterocycles. The number of carbonyl (C=O) groups excluding carboxylic acids is 1. The molecule has 0 aliphatic carbocycles. The van der Waals surface area contributed by atoms with Gasteiger partial charge in [0.05, 0.1) is 13.1 Å². The van der Waals surface area contributed by atoms with Gasteiger partial charge in [0.25, 0.3) is 5.91 Å². The van der Waals surface area contributed by atoms with E-state index < -0.39 is 0 Å². The maximum Gasteiger partial charge on any atom is 0.258 e. The number of rotatable bonds is 5. The summed E-state index contributed by atoms with van der Waals surface area (Å²) in [5, 5.41) is 1.88. The van der Waals surface area contributed by atoms with Gasteiger partial charge in [-0.1, -0.05) is 29.8 Å². The molecule has 0 spiro atoms. The minimum absolute atomic E-state index is 0.0664. The van der Waals surface area contributed by atoms with Crippen LogP contribution in [-0.2, 0) is 6.42 Å². The fourth-order valence-corrected chi connectivity index (χ4v) is 5.19. The Hall–Kier alpha value is -2.56. The molecule has 1 aromatic heterocycles. The average molecular weight is 421 g/mol. The Kier molecular flexibility index (Phi) is 5.13. The van der Waals surface area contributed by atoms with Gasteiger partial charge in [-0.2, -0.15) is 0 Å². The molecule has 2 N–H and O–H groups in total. The summed E-state index contributed by atoms with van der Waals surface area (Å²) in [7, 11) is 2.28. The van der Waals surface area contributed by atoms with Crippen LogP contribution in [0.2, 0.25) is 5.02 Å². The molecule has 1 unspecified atom stereocenters. The lowest BCUT2D eigenvalue weighted by Gasteiger charge is -2.33. The number of para-hydroxylation sites is 1. The van der Waals surface area contributed by atoms with Crippen molar-refractivity contribution in [2.75, 3.05) is 13.6 Å². The number of fused-ring (bicyclic) bond motifs is 3. The Labute approximate surface area is 182 Å². The van der Waals surface area contributed by atoms with Gasteiger partial charge in [-0.25, -0.2) is 0 Å². The van der Waals surface area contributed by atoms with Crippen molar-refractivity contribution in [3.63, 3.8) is 0 Å². The molecule has 0 radical (unpaired) electrons. The van der Waals surface area contributed by atoms with Gasteiger partial charge in [-0.05, 0) is 48.4 Å². The fraction of sp³-hybridized carbons (Fsp3) is 0.320. The molecule has 1 fully saturated rings. The van der Waals surface area contributed by atoms with Crippen molar-refractivity contribution in [1.29, 1.82) is 0 Å². The molecule has 154 valence electrons. The fourth-order valence-electron chi connectivity index (χ4n) is 5.06. The smallest absolute Gasteiger partial charge is 0.258 e. The van der Waals surface area contributed by atoms with Crippen LogP contribution in [0.25, 0.3) is 10.9 Å². The second kappa shape index (κ2) is 7.93. The number of carbonyl (C=O) groups is 1. The first-order valence-electron chi connectivity index (χ1n) is 10.8. The van der Waals surface area contributed by atoms with Gasteiger partial charge in [0.2, 0.25) is 0 Å². The van der Waals surface area contributed by atoms with Crippen molar-refractivity contribution < 1.29 is 9.69 Å². The third-order valence-corrected chi connectivity index (χ3v) is 7.12. The molecule has 1 amide bonds. The zero-order valence-corrected chi connectivity index (χ0v) is 18.0. The number of aromatic nitrogens is 1. The predicted molar refractivity (Wildman–Crippen MR) is 121 cm³/mol. The number of nitrogens with one attached hydrogen (secondary N) is 2. The summed E-state index contributed by atoms with van der Waals surface area (Å²) < 4.78 is 0. The number of benzene rings is 2. The van der Waals surface area contributed by atoms with Crippen molar-refractivity contribution in [3.8, 4) is 0 Å². The summed E-state index contributed by atoms with van der Waals surface area (Å²) in [6, 6.07) is 16.7. The second-order valence-corrected chi connectivity index (χ2v) is 9.00. The van der Waals surface area contributed by atoms with Crippen LogP contribution in [0, 0.1) is 0 Å². The maximum absolute atomic E-state index is 13.5. The third kappa shape index (κ3) is 3.55. The SMILES string of the molecule is C[NH+]1[C@H]2CC[C@@H]1C=C(N(CCc1c[nH]c3ccccc13)C(=O)c1ccc(Cl)cc1)C2. The number of aromatic amines is 1. The molecule has 5 heteroatoms. The zero-order valence-electron chi connectivity index (χ0n) is 17.2. The quantitative estimate of drug-likeness (QED) is 0.646. The number of halogens is 1. The third-order valence-electron chi connectivity index (χ3n) is 6.87. The van der Waals surface area contributed by atoms with E-state index in [9.17, 15) is 4.79 Å². The number of hydrogen-bond donors (Lipinski definition) is 2. The Morgan fingerprint density at radius 3 is 2.77 bits per heavy atom. The number of likely N-dealkylation sites (N-methyl/N-ethyl adjacent to an activating group) is 1. The van der Waals surface area contributed by atoms with E-state index in [-0.39, 0.29) is 5.91 Å². The van der Waals surface area contributed by atoms with Crippen molar-refractivity contribution in [2.24, 2.45) is 0 Å². The molecule has 2 bridgehead atoms. The Balaban J connectivity index is 1.44. The Morgan fingerprint density at radius 2 is 1.97 bits per heavy atom. The highest BCUT2D eigenvalue weighted by molar-refractivity contribution is 6.30. The second-order valence-electron chi connectivity index (χ2n) is 8.56. The zero-order chi connectivity index (χ0) is 20.7. The summed E-state index contributed by atoms with van der Waals surface area (Å²) in [4.78, 5) is 20.5. The molecule has 2 aliphatic rings. The Morgan fingerprint density at radius 1 is 1.17 bits per heavy atom. The van der Waals surface area contributed by atoms with Crippen LogP contribution in [0.15, 0.2) is 66.5 Å². The first-order chi connectivity index (χ1) is 14.6. The molecule has 4 nitrogen and oxygen atoms in total. The monoisotopic (exact) mass is 420 g/mol. The number of nitrogens with zero attached hydrogens (tertiary/aromatic N) is 1. The van der Waals surface area contributed by atoms with E-state index in [2.05, 4.69) is 42.5 Å². The first kappa shape index (κ1) is 19.4. The molecule has 3 aromatic rings. The minimum Gasteiger partial charge on any atom is -0.361 e. The standard InChI is InChI=1S/C25H26ClN3O/c1-28-20-10-11-21(28)15-22(14-20)29(25(30)17-6-8-19(26)9-7-17)13-12-18-16-27-24-5-3-2-4-23(18)24/h2-9,14,16,20-21,27H,10-13,15H2,1H3/p+1/t20-,21+/m1/s1. The van der Waals surface area contributed by atoms with E-state index in [1.165, 1.54) is 29.5 Å². The Bertz CT molecular complexity index is 1100. The van der Waals surface area contributed by atoms with Gasteiger partial charge in [-0.15, -0.1) is 0 Å².